The molecule has 0 bridgehead atoms. The van der Waals surface area contributed by atoms with Crippen molar-refractivity contribution in [2.75, 3.05) is 0 Å². The number of rotatable bonds is 3. The maximum atomic E-state index is 6.50. The standard InChI is InChI=1S/C17H23N3OS.ClH/c18-17(10-4-5-11-17)14-19-15(21-20-14)16(8-2-1-3-9-16)13-7-6-12-22-13;/h6-7,12H,1-5,8-11,18H2;1H. The Balaban J connectivity index is 0.00000156. The third kappa shape index (κ3) is 2.83. The van der Waals surface area contributed by atoms with Crippen molar-refractivity contribution in [2.45, 2.75) is 68.7 Å². The van der Waals surface area contributed by atoms with Gasteiger partial charge in [-0.3, -0.25) is 0 Å². The zero-order chi connectivity index (χ0) is 15.0. The molecule has 2 aromatic heterocycles. The van der Waals surface area contributed by atoms with E-state index in [1.165, 1.54) is 24.1 Å². The highest BCUT2D eigenvalue weighted by Crippen LogP contribution is 2.46. The lowest BCUT2D eigenvalue weighted by atomic mass is 9.73. The third-order valence-corrected chi connectivity index (χ3v) is 6.55. The van der Waals surface area contributed by atoms with E-state index in [-0.39, 0.29) is 23.4 Å². The summed E-state index contributed by atoms with van der Waals surface area (Å²) < 4.78 is 5.77. The summed E-state index contributed by atoms with van der Waals surface area (Å²) in [5.41, 5.74) is 6.06. The lowest BCUT2D eigenvalue weighted by Gasteiger charge is -2.33. The zero-order valence-corrected chi connectivity index (χ0v) is 14.9. The predicted octanol–water partition coefficient (Wildman–Crippen LogP) is 4.53. The van der Waals surface area contributed by atoms with Crippen LogP contribution >= 0.6 is 23.7 Å². The van der Waals surface area contributed by atoms with Gasteiger partial charge in [0.25, 0.3) is 0 Å². The van der Waals surface area contributed by atoms with Crippen LogP contribution in [0.25, 0.3) is 0 Å². The molecule has 0 amide bonds. The summed E-state index contributed by atoms with van der Waals surface area (Å²) in [6.07, 6.45) is 10.2. The van der Waals surface area contributed by atoms with Gasteiger partial charge in [-0.05, 0) is 37.1 Å². The van der Waals surface area contributed by atoms with E-state index in [1.807, 2.05) is 0 Å². The van der Waals surface area contributed by atoms with Crippen LogP contribution in [-0.4, -0.2) is 10.1 Å². The molecule has 2 aliphatic rings. The maximum absolute atomic E-state index is 6.50. The molecule has 4 rings (SSSR count). The molecule has 126 valence electrons. The molecule has 0 spiro atoms. The highest BCUT2D eigenvalue weighted by Gasteiger charge is 2.44. The van der Waals surface area contributed by atoms with Crippen LogP contribution in [0.3, 0.4) is 0 Å². The molecule has 2 saturated carbocycles. The molecule has 6 heteroatoms. The second kappa shape index (κ2) is 6.54. The van der Waals surface area contributed by atoms with E-state index in [1.54, 1.807) is 11.3 Å². The molecular formula is C17H24ClN3OS. The third-order valence-electron chi connectivity index (χ3n) is 5.48. The number of hydrogen-bond acceptors (Lipinski definition) is 5. The van der Waals surface area contributed by atoms with E-state index < -0.39 is 0 Å². The molecule has 4 nitrogen and oxygen atoms in total. The number of nitrogens with zero attached hydrogens (tertiary/aromatic N) is 2. The Hall–Kier alpha value is -0.910. The van der Waals surface area contributed by atoms with Gasteiger partial charge in [0, 0.05) is 4.88 Å². The average molecular weight is 354 g/mol. The smallest absolute Gasteiger partial charge is 0.238 e. The molecule has 2 aromatic rings. The molecule has 0 aliphatic heterocycles. The van der Waals surface area contributed by atoms with E-state index in [2.05, 4.69) is 22.7 Å². The van der Waals surface area contributed by atoms with Crippen molar-refractivity contribution in [1.82, 2.24) is 10.1 Å². The summed E-state index contributed by atoms with van der Waals surface area (Å²) in [6, 6.07) is 4.34. The Labute approximate surface area is 147 Å². The zero-order valence-electron chi connectivity index (χ0n) is 13.3. The Morgan fingerprint density at radius 3 is 2.39 bits per heavy atom. The SMILES string of the molecule is Cl.NC1(c2noc(C3(c4cccs4)CCCCC3)n2)CCCC1. The first-order valence-electron chi connectivity index (χ1n) is 8.41. The summed E-state index contributed by atoms with van der Waals surface area (Å²) in [5.74, 6) is 1.52. The highest BCUT2D eigenvalue weighted by molar-refractivity contribution is 7.10. The van der Waals surface area contributed by atoms with Gasteiger partial charge in [0.05, 0.1) is 11.0 Å². The average Bonchev–Trinajstić information content (AvgIpc) is 3.30. The second-order valence-corrected chi connectivity index (χ2v) is 7.85. The van der Waals surface area contributed by atoms with Crippen molar-refractivity contribution in [2.24, 2.45) is 5.73 Å². The molecule has 0 radical (unpaired) electrons. The summed E-state index contributed by atoms with van der Waals surface area (Å²) >= 11 is 1.80. The Morgan fingerprint density at radius 2 is 1.74 bits per heavy atom. The molecule has 2 N–H and O–H groups in total. The van der Waals surface area contributed by atoms with E-state index in [0.29, 0.717) is 0 Å². The maximum Gasteiger partial charge on any atom is 0.238 e. The quantitative estimate of drug-likeness (QED) is 0.880. The van der Waals surface area contributed by atoms with Crippen LogP contribution in [0.1, 0.15) is 74.4 Å². The molecule has 0 atom stereocenters. The van der Waals surface area contributed by atoms with Gasteiger partial charge in [0.15, 0.2) is 5.82 Å². The lowest BCUT2D eigenvalue weighted by Crippen LogP contribution is -2.35. The number of hydrogen-bond donors (Lipinski definition) is 1. The number of nitrogens with two attached hydrogens (primary N) is 1. The first kappa shape index (κ1) is 16.9. The fourth-order valence-electron chi connectivity index (χ4n) is 4.12. The van der Waals surface area contributed by atoms with Crippen molar-refractivity contribution in [3.63, 3.8) is 0 Å². The largest absolute Gasteiger partial charge is 0.338 e. The molecule has 2 fully saturated rings. The second-order valence-electron chi connectivity index (χ2n) is 6.91. The topological polar surface area (TPSA) is 64.9 Å². The summed E-state index contributed by atoms with van der Waals surface area (Å²) in [7, 11) is 0. The van der Waals surface area contributed by atoms with Crippen molar-refractivity contribution >= 4 is 23.7 Å². The minimum atomic E-state index is -0.368. The van der Waals surface area contributed by atoms with Gasteiger partial charge in [-0.25, -0.2) is 0 Å². The number of aromatic nitrogens is 2. The Bertz CT molecular complexity index is 628. The Morgan fingerprint density at radius 1 is 1.04 bits per heavy atom. The van der Waals surface area contributed by atoms with Gasteiger partial charge >= 0.3 is 0 Å². The molecule has 0 saturated heterocycles. The van der Waals surface area contributed by atoms with Gasteiger partial charge < -0.3 is 10.3 Å². The minimum absolute atomic E-state index is 0. The molecule has 2 aliphatic carbocycles. The minimum Gasteiger partial charge on any atom is -0.338 e. The van der Waals surface area contributed by atoms with E-state index in [0.717, 1.165) is 50.2 Å². The van der Waals surface area contributed by atoms with E-state index in [4.69, 9.17) is 15.2 Å². The normalized spacial score (nSPS) is 22.7. The summed E-state index contributed by atoms with van der Waals surface area (Å²) in [6.45, 7) is 0. The summed E-state index contributed by atoms with van der Waals surface area (Å²) in [5, 5.41) is 6.44. The first-order valence-corrected chi connectivity index (χ1v) is 9.29. The van der Waals surface area contributed by atoms with E-state index in [9.17, 15) is 0 Å². The van der Waals surface area contributed by atoms with Crippen LogP contribution in [-0.2, 0) is 11.0 Å². The first-order chi connectivity index (χ1) is 10.7. The molecular weight excluding hydrogens is 330 g/mol. The van der Waals surface area contributed by atoms with Crippen molar-refractivity contribution in [3.8, 4) is 0 Å². The van der Waals surface area contributed by atoms with Crippen LogP contribution < -0.4 is 5.73 Å². The van der Waals surface area contributed by atoms with Crippen molar-refractivity contribution in [1.29, 1.82) is 0 Å². The van der Waals surface area contributed by atoms with Gasteiger partial charge in [-0.15, -0.1) is 23.7 Å². The van der Waals surface area contributed by atoms with Crippen LogP contribution in [0, 0.1) is 0 Å². The molecule has 0 aromatic carbocycles. The van der Waals surface area contributed by atoms with Crippen LogP contribution in [0.2, 0.25) is 0 Å². The van der Waals surface area contributed by atoms with Gasteiger partial charge in [0.2, 0.25) is 5.89 Å². The molecule has 2 heterocycles. The van der Waals surface area contributed by atoms with Crippen LogP contribution in [0.15, 0.2) is 22.0 Å². The summed E-state index contributed by atoms with van der Waals surface area (Å²) in [4.78, 5) is 6.18. The fourth-order valence-corrected chi connectivity index (χ4v) is 5.10. The van der Waals surface area contributed by atoms with E-state index >= 15 is 0 Å². The molecule has 0 unspecified atom stereocenters. The van der Waals surface area contributed by atoms with Gasteiger partial charge in [-0.1, -0.05) is 43.3 Å². The van der Waals surface area contributed by atoms with Crippen LogP contribution in [0.5, 0.6) is 0 Å². The molecule has 23 heavy (non-hydrogen) atoms. The number of halogens is 1. The van der Waals surface area contributed by atoms with Gasteiger partial charge in [0.1, 0.15) is 0 Å². The predicted molar refractivity (Wildman–Crippen MR) is 94.1 cm³/mol. The Kier molecular flexibility index (Phi) is 4.81. The fraction of sp³-hybridized carbons (Fsp3) is 0.647. The number of thiophene rings is 1. The van der Waals surface area contributed by atoms with Crippen LogP contribution in [0.4, 0.5) is 0 Å². The highest BCUT2D eigenvalue weighted by atomic mass is 35.5. The lowest BCUT2D eigenvalue weighted by molar-refractivity contribution is 0.252. The van der Waals surface area contributed by atoms with Crippen molar-refractivity contribution in [3.05, 3.63) is 34.1 Å². The van der Waals surface area contributed by atoms with Crippen molar-refractivity contribution < 1.29 is 4.52 Å². The monoisotopic (exact) mass is 353 g/mol. The van der Waals surface area contributed by atoms with Gasteiger partial charge in [-0.2, -0.15) is 4.98 Å².